The summed E-state index contributed by atoms with van der Waals surface area (Å²) in [6.07, 6.45) is -1.58. The number of carbonyl (C=O) groups excluding carboxylic acids is 3. The number of halogens is 4. The topological polar surface area (TPSA) is 180 Å². The quantitative estimate of drug-likeness (QED) is 0.0745. The second-order valence-electron chi connectivity index (χ2n) is 13.8. The molecule has 2 saturated heterocycles. The number of amides is 2. The molecule has 4 aromatic rings. The van der Waals surface area contributed by atoms with Gasteiger partial charge in [-0.3, -0.25) is 19.2 Å². The Kier molecular flexibility index (Phi) is 13.2. The molecule has 14 nitrogen and oxygen atoms in total. The van der Waals surface area contributed by atoms with Crippen LogP contribution in [0.25, 0.3) is 21.3 Å². The lowest BCUT2D eigenvalue weighted by molar-refractivity contribution is -0.154. The van der Waals surface area contributed by atoms with Gasteiger partial charge in [0.15, 0.2) is 22.9 Å². The summed E-state index contributed by atoms with van der Waals surface area (Å²) in [5, 5.41) is 23.1. The summed E-state index contributed by atoms with van der Waals surface area (Å²) in [7, 11) is 0. The number of likely N-dealkylation sites (tertiary alicyclic amines) is 2. The Balaban J connectivity index is 0.817. The fraction of sp³-hybridized carbons (Fsp3) is 0.500. The molecule has 3 N–H and O–H groups in total. The van der Waals surface area contributed by atoms with Crippen LogP contribution in [0.2, 0.25) is 0 Å². The number of carboxylic acids is 1. The third-order valence-corrected chi connectivity index (χ3v) is 11.5. The van der Waals surface area contributed by atoms with Gasteiger partial charge in [0.1, 0.15) is 0 Å². The van der Waals surface area contributed by atoms with E-state index in [4.69, 9.17) is 18.9 Å². The summed E-state index contributed by atoms with van der Waals surface area (Å²) in [5.41, 5.74) is -0.0547. The number of nitrogens with one attached hydrogen (secondary N) is 2. The monoisotopic (exact) mass is 824 g/mol. The van der Waals surface area contributed by atoms with Crippen molar-refractivity contribution in [1.82, 2.24) is 30.7 Å². The Hall–Kier alpha value is -4.66. The number of esters is 1. The molecule has 0 spiro atoms. The molecule has 6 heterocycles. The van der Waals surface area contributed by atoms with Gasteiger partial charge in [-0.1, -0.05) is 16.4 Å². The van der Waals surface area contributed by atoms with Crippen molar-refractivity contribution < 1.29 is 55.6 Å². The Morgan fingerprint density at radius 1 is 0.804 bits per heavy atom. The third-order valence-electron chi connectivity index (χ3n) is 9.48. The van der Waals surface area contributed by atoms with Gasteiger partial charge in [-0.05, 0) is 23.6 Å². The lowest BCUT2D eigenvalue weighted by atomic mass is 9.99. The van der Waals surface area contributed by atoms with Crippen molar-refractivity contribution in [1.29, 1.82) is 0 Å². The average Bonchev–Trinajstić information content (AvgIpc) is 3.94. The second kappa shape index (κ2) is 18.1. The van der Waals surface area contributed by atoms with E-state index in [0.717, 1.165) is 9.75 Å². The summed E-state index contributed by atoms with van der Waals surface area (Å²) in [5.74, 6) is -8.83. The minimum absolute atomic E-state index is 0.0127. The molecule has 0 aliphatic carbocycles. The maximum atomic E-state index is 14.5. The third kappa shape index (κ3) is 11.2. The number of aliphatic carboxylic acids is 1. The van der Waals surface area contributed by atoms with Gasteiger partial charge in [0, 0.05) is 101 Å². The van der Waals surface area contributed by atoms with E-state index in [2.05, 4.69) is 20.9 Å². The fourth-order valence-electron chi connectivity index (χ4n) is 6.03. The first-order valence-electron chi connectivity index (χ1n) is 18.0. The summed E-state index contributed by atoms with van der Waals surface area (Å²) >= 11 is 2.76. The van der Waals surface area contributed by atoms with Crippen LogP contribution in [-0.2, 0) is 20.7 Å². The maximum Gasteiger partial charge on any atom is 0.311 e. The number of ether oxygens (including phenoxy) is 1. The van der Waals surface area contributed by atoms with E-state index in [1.54, 1.807) is 15.9 Å². The molecule has 0 saturated carbocycles. The van der Waals surface area contributed by atoms with Crippen LogP contribution < -0.4 is 10.6 Å². The van der Waals surface area contributed by atoms with Crippen molar-refractivity contribution >= 4 is 46.4 Å². The van der Waals surface area contributed by atoms with Crippen LogP contribution in [0.15, 0.2) is 50.8 Å². The first-order valence-corrected chi connectivity index (χ1v) is 19.7. The van der Waals surface area contributed by atoms with E-state index < -0.39 is 73.1 Å². The molecule has 6 rings (SSSR count). The summed E-state index contributed by atoms with van der Waals surface area (Å²) < 4.78 is 73.4. The minimum Gasteiger partial charge on any atom is -0.481 e. The van der Waals surface area contributed by atoms with Crippen molar-refractivity contribution in [3.05, 3.63) is 58.0 Å². The van der Waals surface area contributed by atoms with Gasteiger partial charge in [-0.15, -0.1) is 22.7 Å². The van der Waals surface area contributed by atoms with Crippen LogP contribution in [0.4, 0.5) is 17.6 Å². The molecule has 302 valence electrons. The maximum absolute atomic E-state index is 14.5. The Morgan fingerprint density at radius 3 is 1.89 bits per heavy atom. The van der Waals surface area contributed by atoms with Crippen LogP contribution in [0.3, 0.4) is 0 Å². The molecule has 0 unspecified atom stereocenters. The van der Waals surface area contributed by atoms with Gasteiger partial charge in [-0.2, -0.15) is 0 Å². The minimum atomic E-state index is -3.03. The first kappa shape index (κ1) is 41.0. The molecule has 4 aromatic heterocycles. The Bertz CT molecular complexity index is 1960. The standard InChI is InChI=1S/C36H40F4N6O8S2/c37-35(38,8-12-45-18-22(19-45)33(49)50)6-11-42-32(48)26-17-28(54-44-26)30-4-3-24(56-30)5-14-52-34(51)23-20-46(21-23)13-9-36(39,40)7-10-41-31(47)25-16-27(53-43-25)29-2-1-15-55-29/h1-4,15-17,22-23H,5-14,18-21H2,(H,41,47)(H,42,48)(H,49,50). The van der Waals surface area contributed by atoms with E-state index in [-0.39, 0.29) is 57.3 Å². The highest BCUT2D eigenvalue weighted by molar-refractivity contribution is 7.15. The van der Waals surface area contributed by atoms with Crippen molar-refractivity contribution in [3.8, 4) is 21.3 Å². The van der Waals surface area contributed by atoms with Crippen LogP contribution in [0.1, 0.15) is 51.5 Å². The largest absolute Gasteiger partial charge is 0.481 e. The molecule has 0 atom stereocenters. The van der Waals surface area contributed by atoms with Gasteiger partial charge >= 0.3 is 11.9 Å². The Labute approximate surface area is 326 Å². The molecule has 2 fully saturated rings. The van der Waals surface area contributed by atoms with Crippen molar-refractivity contribution in [2.24, 2.45) is 11.8 Å². The lowest BCUT2D eigenvalue weighted by Gasteiger charge is -2.38. The van der Waals surface area contributed by atoms with Crippen LogP contribution in [-0.4, -0.2) is 120 Å². The highest BCUT2D eigenvalue weighted by Crippen LogP contribution is 2.31. The van der Waals surface area contributed by atoms with Gasteiger partial charge in [-0.25, -0.2) is 17.6 Å². The van der Waals surface area contributed by atoms with Gasteiger partial charge in [0.2, 0.25) is 0 Å². The molecule has 2 amide bonds. The number of carboxylic acid groups (broad SMARTS) is 1. The molecule has 0 aromatic carbocycles. The van der Waals surface area contributed by atoms with Crippen LogP contribution in [0, 0.1) is 11.8 Å². The number of nitrogens with zero attached hydrogens (tertiary/aromatic N) is 4. The van der Waals surface area contributed by atoms with Crippen LogP contribution >= 0.6 is 22.7 Å². The fourth-order valence-corrected chi connectivity index (χ4v) is 7.64. The van der Waals surface area contributed by atoms with E-state index in [1.165, 1.54) is 34.8 Å². The van der Waals surface area contributed by atoms with E-state index >= 15 is 0 Å². The van der Waals surface area contributed by atoms with Gasteiger partial charge in [0.05, 0.1) is 28.2 Å². The molecule has 2 aliphatic heterocycles. The molecular formula is C36H40F4N6O8S2. The number of hydrogen-bond acceptors (Lipinski definition) is 13. The van der Waals surface area contributed by atoms with E-state index in [9.17, 15) is 36.7 Å². The lowest BCUT2D eigenvalue weighted by Crippen LogP contribution is -2.51. The number of rotatable bonds is 21. The second-order valence-corrected chi connectivity index (χ2v) is 15.9. The molecule has 56 heavy (non-hydrogen) atoms. The molecule has 20 heteroatoms. The van der Waals surface area contributed by atoms with Crippen molar-refractivity contribution in [3.63, 3.8) is 0 Å². The number of carbonyl (C=O) groups is 4. The van der Waals surface area contributed by atoms with Gasteiger partial charge in [0.25, 0.3) is 23.7 Å². The van der Waals surface area contributed by atoms with Gasteiger partial charge < -0.3 is 39.3 Å². The number of thiophene rings is 2. The molecule has 0 bridgehead atoms. The predicted molar refractivity (Wildman–Crippen MR) is 195 cm³/mol. The number of aromatic nitrogens is 2. The average molecular weight is 825 g/mol. The van der Waals surface area contributed by atoms with Crippen LogP contribution in [0.5, 0.6) is 0 Å². The number of hydrogen-bond donors (Lipinski definition) is 3. The normalized spacial score (nSPS) is 15.6. The zero-order chi connectivity index (χ0) is 39.9. The van der Waals surface area contributed by atoms with Crippen molar-refractivity contribution in [2.45, 2.75) is 43.9 Å². The highest BCUT2D eigenvalue weighted by atomic mass is 32.1. The number of alkyl halides is 4. The zero-order valence-electron chi connectivity index (χ0n) is 30.0. The summed E-state index contributed by atoms with van der Waals surface area (Å²) in [6.45, 7) is 0.890. The SMILES string of the molecule is O=C(NCCC(F)(F)CCN1CC(C(=O)OCCc2ccc(-c3cc(C(=O)NCCC(F)(F)CCN4CC(C(=O)O)C4)no3)s2)C1)c1cc(-c2cccs2)on1. The molecular weight excluding hydrogens is 785 g/mol. The highest BCUT2D eigenvalue weighted by Gasteiger charge is 2.37. The smallest absolute Gasteiger partial charge is 0.311 e. The first-order chi connectivity index (χ1) is 26.7. The molecule has 2 aliphatic rings. The van der Waals surface area contributed by atoms with E-state index in [0.29, 0.717) is 35.9 Å². The summed E-state index contributed by atoms with van der Waals surface area (Å²) in [4.78, 5) is 53.9. The predicted octanol–water partition coefficient (Wildman–Crippen LogP) is 5.14. The Morgan fingerprint density at radius 2 is 1.36 bits per heavy atom. The molecule has 0 radical (unpaired) electrons. The zero-order valence-corrected chi connectivity index (χ0v) is 31.7. The summed E-state index contributed by atoms with van der Waals surface area (Å²) in [6, 6.07) is 10.1. The van der Waals surface area contributed by atoms with E-state index in [1.807, 2.05) is 23.6 Å². The van der Waals surface area contributed by atoms with Crippen molar-refractivity contribution in [2.75, 3.05) is 59.0 Å².